The van der Waals surface area contributed by atoms with Crippen molar-refractivity contribution >= 4 is 28.5 Å². The maximum atomic E-state index is 13.7. The van der Waals surface area contributed by atoms with Gasteiger partial charge in [-0.05, 0) is 67.4 Å². The van der Waals surface area contributed by atoms with Crippen molar-refractivity contribution in [2.45, 2.75) is 26.9 Å². The normalized spacial score (nSPS) is 10.9. The molecule has 0 aliphatic heterocycles. The Hall–Kier alpha value is -4.33. The standard InChI is InChI=1S/C27H28N6O2/c1-17-6-5-11-29-24(17)16-33(15-22-9-7-20(14-30-22)26(34)32(3)4)27(35)19-8-10-23-21(13-19)12-18(2)25(28)31-23/h5-14H,15-16H2,1-4H3,(H2,28,31). The van der Waals surface area contributed by atoms with Crippen LogP contribution in [0.25, 0.3) is 10.9 Å². The molecule has 3 heterocycles. The Kier molecular flexibility index (Phi) is 6.73. The van der Waals surface area contributed by atoms with Gasteiger partial charge in [0.15, 0.2) is 0 Å². The minimum absolute atomic E-state index is 0.123. The van der Waals surface area contributed by atoms with Crippen LogP contribution in [0.2, 0.25) is 0 Å². The molecule has 3 aromatic heterocycles. The van der Waals surface area contributed by atoms with Crippen LogP contribution in [-0.4, -0.2) is 50.7 Å². The van der Waals surface area contributed by atoms with Crippen LogP contribution < -0.4 is 5.73 Å². The first-order valence-electron chi connectivity index (χ1n) is 11.3. The van der Waals surface area contributed by atoms with Crippen molar-refractivity contribution < 1.29 is 9.59 Å². The minimum Gasteiger partial charge on any atom is -0.383 e. The zero-order valence-corrected chi connectivity index (χ0v) is 20.3. The van der Waals surface area contributed by atoms with Crippen LogP contribution in [0.1, 0.15) is 43.2 Å². The number of benzene rings is 1. The van der Waals surface area contributed by atoms with Crippen LogP contribution in [0.4, 0.5) is 5.82 Å². The number of aryl methyl sites for hydroxylation is 2. The Morgan fingerprint density at radius 3 is 2.34 bits per heavy atom. The second-order valence-electron chi connectivity index (χ2n) is 8.76. The Morgan fingerprint density at radius 1 is 0.886 bits per heavy atom. The zero-order valence-electron chi connectivity index (χ0n) is 20.3. The van der Waals surface area contributed by atoms with Crippen molar-refractivity contribution in [2.24, 2.45) is 0 Å². The molecule has 35 heavy (non-hydrogen) atoms. The highest BCUT2D eigenvalue weighted by Crippen LogP contribution is 2.21. The van der Waals surface area contributed by atoms with Gasteiger partial charge in [-0.3, -0.25) is 19.6 Å². The lowest BCUT2D eigenvalue weighted by atomic mass is 10.1. The molecule has 0 radical (unpaired) electrons. The van der Waals surface area contributed by atoms with Gasteiger partial charge in [0.05, 0.1) is 35.6 Å². The van der Waals surface area contributed by atoms with Crippen molar-refractivity contribution in [3.8, 4) is 0 Å². The molecule has 2 N–H and O–H groups in total. The van der Waals surface area contributed by atoms with Crippen molar-refractivity contribution in [3.63, 3.8) is 0 Å². The second kappa shape index (κ2) is 9.89. The van der Waals surface area contributed by atoms with Crippen LogP contribution in [0, 0.1) is 13.8 Å². The number of pyridine rings is 3. The molecule has 0 unspecified atom stereocenters. The van der Waals surface area contributed by atoms with Gasteiger partial charge in [0.2, 0.25) is 0 Å². The van der Waals surface area contributed by atoms with Gasteiger partial charge in [-0.25, -0.2) is 4.98 Å². The number of hydrogen-bond donors (Lipinski definition) is 1. The third-order valence-corrected chi connectivity index (χ3v) is 5.87. The summed E-state index contributed by atoms with van der Waals surface area (Å²) in [6.07, 6.45) is 3.26. The number of anilines is 1. The van der Waals surface area contributed by atoms with Crippen molar-refractivity contribution in [3.05, 3.63) is 94.6 Å². The smallest absolute Gasteiger partial charge is 0.254 e. The monoisotopic (exact) mass is 468 g/mol. The summed E-state index contributed by atoms with van der Waals surface area (Å²) in [6, 6.07) is 14.7. The molecule has 0 aliphatic rings. The maximum Gasteiger partial charge on any atom is 0.254 e. The predicted octanol–water partition coefficient (Wildman–Crippen LogP) is 3.77. The number of carbonyl (C=O) groups is 2. The number of carbonyl (C=O) groups excluding carboxylic acids is 2. The van der Waals surface area contributed by atoms with Gasteiger partial charge in [0.1, 0.15) is 5.82 Å². The summed E-state index contributed by atoms with van der Waals surface area (Å²) >= 11 is 0. The third kappa shape index (κ3) is 5.27. The molecule has 1 aromatic carbocycles. The van der Waals surface area contributed by atoms with E-state index in [1.165, 1.54) is 4.90 Å². The van der Waals surface area contributed by atoms with E-state index >= 15 is 0 Å². The quantitative estimate of drug-likeness (QED) is 0.462. The molecule has 0 spiro atoms. The number of nitrogens with two attached hydrogens (primary N) is 1. The van der Waals surface area contributed by atoms with E-state index in [0.29, 0.717) is 29.2 Å². The van der Waals surface area contributed by atoms with Crippen LogP contribution in [0.5, 0.6) is 0 Å². The molecule has 2 amide bonds. The Morgan fingerprint density at radius 2 is 1.66 bits per heavy atom. The van der Waals surface area contributed by atoms with Gasteiger partial charge in [-0.15, -0.1) is 0 Å². The summed E-state index contributed by atoms with van der Waals surface area (Å²) < 4.78 is 0. The van der Waals surface area contributed by atoms with E-state index in [1.807, 2.05) is 44.2 Å². The number of aromatic nitrogens is 3. The first-order chi connectivity index (χ1) is 16.7. The lowest BCUT2D eigenvalue weighted by Crippen LogP contribution is -2.31. The zero-order chi connectivity index (χ0) is 25.1. The highest BCUT2D eigenvalue weighted by atomic mass is 16.2. The molecule has 8 nitrogen and oxygen atoms in total. The van der Waals surface area contributed by atoms with Crippen LogP contribution in [0.3, 0.4) is 0 Å². The summed E-state index contributed by atoms with van der Waals surface area (Å²) in [5.74, 6) is 0.203. The van der Waals surface area contributed by atoms with Gasteiger partial charge in [-0.1, -0.05) is 6.07 Å². The number of rotatable bonds is 6. The molecule has 0 saturated carbocycles. The third-order valence-electron chi connectivity index (χ3n) is 5.87. The number of fused-ring (bicyclic) bond motifs is 1. The molecule has 0 saturated heterocycles. The Labute approximate surface area is 204 Å². The molecule has 4 rings (SSSR count). The van der Waals surface area contributed by atoms with Crippen molar-refractivity contribution in [1.82, 2.24) is 24.8 Å². The molecule has 0 bridgehead atoms. The molecule has 0 fully saturated rings. The lowest BCUT2D eigenvalue weighted by Gasteiger charge is -2.23. The molecule has 0 aliphatic carbocycles. The average molecular weight is 469 g/mol. The Balaban J connectivity index is 1.67. The summed E-state index contributed by atoms with van der Waals surface area (Å²) in [5, 5.41) is 0.848. The largest absolute Gasteiger partial charge is 0.383 e. The van der Waals surface area contributed by atoms with E-state index in [2.05, 4.69) is 15.0 Å². The molecule has 0 atom stereocenters. The van der Waals surface area contributed by atoms with E-state index in [0.717, 1.165) is 27.7 Å². The number of hydrogen-bond acceptors (Lipinski definition) is 6. The highest BCUT2D eigenvalue weighted by Gasteiger charge is 2.20. The van der Waals surface area contributed by atoms with Gasteiger partial charge < -0.3 is 15.5 Å². The van der Waals surface area contributed by atoms with E-state index in [1.54, 1.807) is 49.6 Å². The van der Waals surface area contributed by atoms with E-state index in [4.69, 9.17) is 5.73 Å². The maximum absolute atomic E-state index is 13.7. The van der Waals surface area contributed by atoms with Gasteiger partial charge >= 0.3 is 0 Å². The topological polar surface area (TPSA) is 105 Å². The van der Waals surface area contributed by atoms with E-state index in [9.17, 15) is 9.59 Å². The SMILES string of the molecule is Cc1cc2cc(C(=O)N(Cc3ccc(C(=O)N(C)C)cn3)Cc3ncccc3C)ccc2nc1N. The summed E-state index contributed by atoms with van der Waals surface area (Å²) in [6.45, 7) is 4.45. The molecular weight excluding hydrogens is 440 g/mol. The molecular formula is C27H28N6O2. The van der Waals surface area contributed by atoms with E-state index < -0.39 is 0 Å². The van der Waals surface area contributed by atoms with Crippen molar-refractivity contribution in [1.29, 1.82) is 0 Å². The van der Waals surface area contributed by atoms with Gasteiger partial charge in [0.25, 0.3) is 11.8 Å². The van der Waals surface area contributed by atoms with Crippen molar-refractivity contribution in [2.75, 3.05) is 19.8 Å². The molecule has 8 heteroatoms. The summed E-state index contributed by atoms with van der Waals surface area (Å²) in [5.41, 5.74) is 11.1. The average Bonchev–Trinajstić information content (AvgIpc) is 2.85. The Bertz CT molecular complexity index is 1400. The number of nitrogen functional groups attached to an aromatic ring is 1. The van der Waals surface area contributed by atoms with Gasteiger partial charge in [-0.2, -0.15) is 0 Å². The summed E-state index contributed by atoms with van der Waals surface area (Å²) in [4.78, 5) is 42.4. The van der Waals surface area contributed by atoms with Gasteiger partial charge in [0, 0.05) is 37.4 Å². The van der Waals surface area contributed by atoms with Crippen LogP contribution in [-0.2, 0) is 13.1 Å². The molecule has 178 valence electrons. The lowest BCUT2D eigenvalue weighted by molar-refractivity contribution is 0.0724. The second-order valence-corrected chi connectivity index (χ2v) is 8.76. The summed E-state index contributed by atoms with van der Waals surface area (Å²) in [7, 11) is 3.39. The predicted molar refractivity (Wildman–Crippen MR) is 136 cm³/mol. The first-order valence-corrected chi connectivity index (χ1v) is 11.3. The number of nitrogens with zero attached hydrogens (tertiary/aromatic N) is 5. The molecule has 4 aromatic rings. The van der Waals surface area contributed by atoms with Crippen LogP contribution >= 0.6 is 0 Å². The van der Waals surface area contributed by atoms with E-state index in [-0.39, 0.29) is 18.4 Å². The fourth-order valence-electron chi connectivity index (χ4n) is 3.78. The highest BCUT2D eigenvalue weighted by molar-refractivity contribution is 5.98. The first kappa shape index (κ1) is 23.8. The number of amides is 2. The fourth-order valence-corrected chi connectivity index (χ4v) is 3.78. The fraction of sp³-hybridized carbons (Fsp3) is 0.222. The van der Waals surface area contributed by atoms with Crippen LogP contribution in [0.15, 0.2) is 60.9 Å². The minimum atomic E-state index is -0.151.